The maximum absolute atomic E-state index is 14.7. The number of epoxide rings is 1. The van der Waals surface area contributed by atoms with E-state index in [2.05, 4.69) is 29.4 Å². The molecule has 4 aliphatic carbocycles. The summed E-state index contributed by atoms with van der Waals surface area (Å²) in [7, 11) is 0. The van der Waals surface area contributed by atoms with Gasteiger partial charge >= 0.3 is 11.9 Å². The molecule has 1 aromatic heterocycles. The van der Waals surface area contributed by atoms with E-state index in [1.165, 1.54) is 19.3 Å². The van der Waals surface area contributed by atoms with Crippen molar-refractivity contribution >= 4 is 17.7 Å². The van der Waals surface area contributed by atoms with Crippen molar-refractivity contribution in [1.29, 1.82) is 0 Å². The number of hydrogen-bond donors (Lipinski definition) is 2. The molecule has 52 heavy (non-hydrogen) atoms. The van der Waals surface area contributed by atoms with Gasteiger partial charge < -0.3 is 33.4 Å². The highest BCUT2D eigenvalue weighted by Crippen LogP contribution is 2.82. The molecule has 10 aliphatic rings. The monoisotopic (exact) mass is 716 g/mol. The summed E-state index contributed by atoms with van der Waals surface area (Å²) in [4.78, 5) is 44.6. The predicted octanol–water partition coefficient (Wildman–Crippen LogP) is 4.08. The Morgan fingerprint density at radius 3 is 2.71 bits per heavy atom. The molecule has 2 N–H and O–H groups in total. The Morgan fingerprint density at radius 1 is 1.02 bits per heavy atom. The van der Waals surface area contributed by atoms with Crippen LogP contribution < -0.4 is 5.32 Å². The molecule has 11 nitrogen and oxygen atoms in total. The Hall–Kier alpha value is -2.73. The van der Waals surface area contributed by atoms with Crippen molar-refractivity contribution in [2.45, 2.75) is 121 Å². The van der Waals surface area contributed by atoms with Gasteiger partial charge in [0, 0.05) is 40.8 Å². The zero-order valence-corrected chi connectivity index (χ0v) is 30.7. The van der Waals surface area contributed by atoms with Gasteiger partial charge in [-0.1, -0.05) is 26.3 Å². The molecule has 9 fully saturated rings. The molecule has 0 aromatic carbocycles. The van der Waals surface area contributed by atoms with E-state index in [0.29, 0.717) is 36.6 Å². The molecule has 0 radical (unpaired) electrons. The molecule has 16 atom stereocenters. The third-order valence-corrected chi connectivity index (χ3v) is 17.0. The lowest BCUT2D eigenvalue weighted by Gasteiger charge is -2.68. The summed E-state index contributed by atoms with van der Waals surface area (Å²) < 4.78 is 32.1. The van der Waals surface area contributed by atoms with E-state index in [4.69, 9.17) is 23.4 Å². The summed E-state index contributed by atoms with van der Waals surface area (Å²) in [5.41, 5.74) is -3.92. The highest BCUT2D eigenvalue weighted by molar-refractivity contribution is 5.92. The van der Waals surface area contributed by atoms with E-state index in [-0.39, 0.29) is 30.2 Å². The van der Waals surface area contributed by atoms with Gasteiger partial charge in [-0.3, -0.25) is 14.9 Å². The van der Waals surface area contributed by atoms with Crippen LogP contribution in [-0.4, -0.2) is 83.1 Å². The second kappa shape index (κ2) is 10.3. The maximum atomic E-state index is 14.7. The van der Waals surface area contributed by atoms with Crippen LogP contribution in [0, 0.1) is 57.7 Å². The number of esters is 2. The summed E-state index contributed by atoms with van der Waals surface area (Å²) in [5, 5.41) is 16.0. The first-order valence-electron chi connectivity index (χ1n) is 20.0. The number of carbonyl (C=O) groups excluding carboxylic acids is 3. The average Bonchev–Trinajstić information content (AvgIpc) is 3.37. The van der Waals surface area contributed by atoms with Gasteiger partial charge in [0.1, 0.15) is 30.2 Å². The smallest absolute Gasteiger partial charge is 0.339 e. The second-order valence-electron chi connectivity index (χ2n) is 19.4. The molecule has 2 bridgehead atoms. The number of nitrogens with one attached hydrogen (secondary N) is 1. The van der Waals surface area contributed by atoms with Gasteiger partial charge in [0.2, 0.25) is 0 Å². The lowest BCUT2D eigenvalue weighted by molar-refractivity contribution is -0.266. The zero-order chi connectivity index (χ0) is 35.7. The first kappa shape index (κ1) is 32.7. The minimum Gasteiger partial charge on any atom is -0.469 e. The van der Waals surface area contributed by atoms with Gasteiger partial charge in [-0.05, 0) is 94.2 Å². The number of aliphatic hydroxyl groups is 1. The molecule has 11 heteroatoms. The van der Waals surface area contributed by atoms with Gasteiger partial charge in [0.05, 0.1) is 36.5 Å². The van der Waals surface area contributed by atoms with Gasteiger partial charge in [0.25, 0.3) is 0 Å². The second-order valence-corrected chi connectivity index (χ2v) is 19.4. The number of carbonyl (C=O) groups is 3. The fraction of sp³-hybridized carbons (Fsp3) is 0.780. The molecule has 6 aliphatic heterocycles. The third-order valence-electron chi connectivity index (χ3n) is 17.0. The van der Waals surface area contributed by atoms with Crippen molar-refractivity contribution < 1.29 is 42.9 Å². The number of allylic oxidation sites excluding steroid dienone is 1. The zero-order valence-electron chi connectivity index (χ0n) is 30.7. The van der Waals surface area contributed by atoms with E-state index in [0.717, 1.165) is 43.8 Å². The van der Waals surface area contributed by atoms with Gasteiger partial charge in [-0.2, -0.15) is 0 Å². The summed E-state index contributed by atoms with van der Waals surface area (Å²) >= 11 is 0. The molecule has 4 saturated carbocycles. The number of rotatable bonds is 4. The molecule has 2 spiro atoms. The molecule has 7 heterocycles. The Morgan fingerprint density at radius 2 is 1.87 bits per heavy atom. The number of ether oxygens (including phenoxy) is 4. The van der Waals surface area contributed by atoms with E-state index in [1.54, 1.807) is 6.26 Å². The minimum atomic E-state index is -1.39. The number of cyclic esters (lactones) is 2. The normalized spacial score (nSPS) is 53.1. The summed E-state index contributed by atoms with van der Waals surface area (Å²) in [6.45, 7) is 10.1. The third kappa shape index (κ3) is 3.66. The van der Waals surface area contributed by atoms with Crippen LogP contribution in [0.25, 0.3) is 0 Å². The molecule has 280 valence electrons. The Balaban J connectivity index is 0.946. The first-order valence-corrected chi connectivity index (χ1v) is 20.0. The van der Waals surface area contributed by atoms with E-state index < -0.39 is 69.7 Å². The molecule has 0 amide bonds. The minimum absolute atomic E-state index is 0.00889. The van der Waals surface area contributed by atoms with Crippen LogP contribution in [0.5, 0.6) is 0 Å². The van der Waals surface area contributed by atoms with Crippen LogP contribution >= 0.6 is 0 Å². The Bertz CT molecular complexity index is 1790. The number of fused-ring (bicyclic) bond motifs is 3. The number of furan rings is 1. The number of Topliss-reactive ketones (excluding diaryl/α,β-unsaturated/α-hetero) is 1. The van der Waals surface area contributed by atoms with Gasteiger partial charge in [0.15, 0.2) is 11.9 Å². The van der Waals surface area contributed by atoms with E-state index >= 15 is 0 Å². The molecule has 1 aromatic rings. The molecule has 11 rings (SSSR count). The number of ketones is 1. The highest BCUT2D eigenvalue weighted by Gasteiger charge is 2.92. The van der Waals surface area contributed by atoms with Crippen molar-refractivity contribution in [2.24, 2.45) is 57.7 Å². The summed E-state index contributed by atoms with van der Waals surface area (Å²) in [6, 6.07) is 2.56. The number of nitrogens with zero attached hydrogens (tertiary/aromatic N) is 1. The lowest BCUT2D eigenvalue weighted by Crippen LogP contribution is -2.77. The van der Waals surface area contributed by atoms with E-state index in [1.807, 2.05) is 26.8 Å². The largest absolute Gasteiger partial charge is 0.469 e. The number of hydrogen-bond acceptors (Lipinski definition) is 11. The van der Waals surface area contributed by atoms with Crippen LogP contribution in [0.3, 0.4) is 0 Å². The average molecular weight is 717 g/mol. The Labute approximate surface area is 304 Å². The van der Waals surface area contributed by atoms with Crippen LogP contribution in [0.15, 0.2) is 29.0 Å². The quantitative estimate of drug-likeness (QED) is 0.344. The molecular formula is C41H52N2O9. The van der Waals surface area contributed by atoms with Crippen LogP contribution in [-0.2, 0) is 39.8 Å². The topological polar surface area (TPSA) is 140 Å². The maximum Gasteiger partial charge on any atom is 0.339 e. The van der Waals surface area contributed by atoms with Crippen LogP contribution in [0.1, 0.15) is 90.1 Å². The Kier molecular flexibility index (Phi) is 6.48. The van der Waals surface area contributed by atoms with Crippen LogP contribution in [0.4, 0.5) is 0 Å². The van der Waals surface area contributed by atoms with Crippen molar-refractivity contribution in [3.8, 4) is 0 Å². The van der Waals surface area contributed by atoms with Crippen molar-refractivity contribution in [2.75, 3.05) is 19.8 Å². The van der Waals surface area contributed by atoms with Crippen molar-refractivity contribution in [3.05, 3.63) is 35.9 Å². The lowest BCUT2D eigenvalue weighted by atomic mass is 9.34. The predicted molar refractivity (Wildman–Crippen MR) is 183 cm³/mol. The standard InChI is InChI=1S/C41H52N2O9/c1-37(2)30-28(44)31(45)39(4)29-22(7-9-25-33(51-37)40(29,30)18-49-35(25)46)16-38(3)32(50-36(47)34-41(38,39)52-34)24-12-14-48-27(24)10-6-20-5-8-23-21(15-20)11-13-43-19-42-17-26(23)43/h11-14,20-23,25-26,29-34,42,45H,5-10,15-19H2,1-4H3/t20-,21+,22+,23-,25-,26-,29-,30+,31+,32-,33-,34+,38-,39-,40+,41+/m0/s1. The van der Waals surface area contributed by atoms with E-state index in [9.17, 15) is 19.5 Å². The summed E-state index contributed by atoms with van der Waals surface area (Å²) in [6.07, 6.45) is 10.3. The first-order chi connectivity index (χ1) is 24.9. The SMILES string of the molecule is CC1(C)O[C@H]2[C@@H]3CC[C@@H]4C[C@@]5(C)[C@H](c6ccoc6CC[C@@H]6CC[C@H]7[C@H](C=CN8CNC[C@@H]78)C6)OC(=O)[C@H]6O[C@]65[C@]5(C)[C@H](O)C(=O)[C@H]1[C@@]2(COC3=O)[C@@H]45. The number of aliphatic hydroxyl groups excluding tert-OH is 1. The van der Waals surface area contributed by atoms with Gasteiger partial charge in [-0.25, -0.2) is 4.79 Å². The molecule has 0 unspecified atom stereocenters. The highest BCUT2D eigenvalue weighted by atomic mass is 16.7. The molecular weight excluding hydrogens is 664 g/mol. The fourth-order valence-electron chi connectivity index (χ4n) is 15.3. The van der Waals surface area contributed by atoms with Gasteiger partial charge in [-0.15, -0.1) is 0 Å². The number of aryl methyl sites for hydroxylation is 1. The van der Waals surface area contributed by atoms with Crippen molar-refractivity contribution in [1.82, 2.24) is 10.2 Å². The molecule has 5 saturated heterocycles. The fourth-order valence-corrected chi connectivity index (χ4v) is 15.3. The summed E-state index contributed by atoms with van der Waals surface area (Å²) in [5.74, 6) is 0.332. The van der Waals surface area contributed by atoms with Crippen molar-refractivity contribution in [3.63, 3.8) is 0 Å². The van der Waals surface area contributed by atoms with Crippen LogP contribution in [0.2, 0.25) is 0 Å².